The number of ether oxygens (including phenoxy) is 1. The fraction of sp³-hybridized carbons (Fsp3) is 0.435. The Labute approximate surface area is 179 Å². The summed E-state index contributed by atoms with van der Waals surface area (Å²) in [6.07, 6.45) is 5.14. The first-order chi connectivity index (χ1) is 14.4. The molecule has 0 aromatic heterocycles. The maximum Gasteiger partial charge on any atom is 0.255 e. The number of sulfonamides is 1. The number of nitrogens with one attached hydrogen (secondary N) is 2. The van der Waals surface area contributed by atoms with Crippen molar-refractivity contribution in [3.05, 3.63) is 58.7 Å². The highest BCUT2D eigenvalue weighted by molar-refractivity contribution is 7.89. The maximum absolute atomic E-state index is 13.1. The van der Waals surface area contributed by atoms with E-state index in [1.165, 1.54) is 49.3 Å². The first-order valence-corrected chi connectivity index (χ1v) is 12.0. The molecule has 3 rings (SSSR count). The summed E-state index contributed by atoms with van der Waals surface area (Å²) in [6.45, 7) is 4.20. The van der Waals surface area contributed by atoms with Crippen LogP contribution in [-0.4, -0.2) is 28.0 Å². The van der Waals surface area contributed by atoms with E-state index in [0.717, 1.165) is 18.4 Å². The van der Waals surface area contributed by atoms with Gasteiger partial charge in [-0.1, -0.05) is 25.1 Å². The second kappa shape index (κ2) is 9.62. The van der Waals surface area contributed by atoms with Gasteiger partial charge in [-0.2, -0.15) is 0 Å². The molecule has 0 spiro atoms. The molecule has 1 aliphatic rings. The van der Waals surface area contributed by atoms with Gasteiger partial charge >= 0.3 is 0 Å². The third kappa shape index (κ3) is 4.84. The van der Waals surface area contributed by atoms with Crippen LogP contribution in [0.25, 0.3) is 0 Å². The summed E-state index contributed by atoms with van der Waals surface area (Å²) in [7, 11) is -2.37. The number of aryl methyl sites for hydroxylation is 2. The molecule has 2 N–H and O–H groups in total. The van der Waals surface area contributed by atoms with E-state index in [2.05, 4.69) is 22.2 Å². The van der Waals surface area contributed by atoms with E-state index in [4.69, 9.17) is 4.74 Å². The van der Waals surface area contributed by atoms with Crippen LogP contribution in [-0.2, 0) is 22.9 Å². The number of carbonyl (C=O) groups is 1. The van der Waals surface area contributed by atoms with Gasteiger partial charge in [0.15, 0.2) is 0 Å². The Morgan fingerprint density at radius 3 is 2.47 bits per heavy atom. The lowest BCUT2D eigenvalue weighted by molar-refractivity contribution is 0.0952. The largest absolute Gasteiger partial charge is 0.496 e. The lowest BCUT2D eigenvalue weighted by Gasteiger charge is -2.22. The van der Waals surface area contributed by atoms with E-state index in [1.54, 1.807) is 6.92 Å². The predicted molar refractivity (Wildman–Crippen MR) is 117 cm³/mol. The minimum atomic E-state index is -3.82. The van der Waals surface area contributed by atoms with Crippen molar-refractivity contribution in [3.63, 3.8) is 0 Å². The van der Waals surface area contributed by atoms with Crippen molar-refractivity contribution in [3.8, 4) is 5.75 Å². The predicted octanol–water partition coefficient (Wildman–Crippen LogP) is 3.75. The van der Waals surface area contributed by atoms with E-state index in [9.17, 15) is 13.2 Å². The highest BCUT2D eigenvalue weighted by Gasteiger charge is 2.24. The number of fused-ring (bicyclic) bond motifs is 1. The molecule has 1 aliphatic carbocycles. The molecule has 0 fully saturated rings. The summed E-state index contributed by atoms with van der Waals surface area (Å²) in [6, 6.07) is 10.3. The number of amides is 1. The molecule has 0 heterocycles. The Morgan fingerprint density at radius 1 is 1.07 bits per heavy atom. The first-order valence-electron chi connectivity index (χ1n) is 10.5. The summed E-state index contributed by atoms with van der Waals surface area (Å²) in [5, 5.41) is 2.69. The van der Waals surface area contributed by atoms with E-state index >= 15 is 0 Å². The zero-order valence-electron chi connectivity index (χ0n) is 17.8. The van der Waals surface area contributed by atoms with Gasteiger partial charge in [0.05, 0.1) is 17.6 Å². The third-order valence-corrected chi connectivity index (χ3v) is 7.01. The Hall–Kier alpha value is -2.38. The molecule has 0 saturated heterocycles. The second-order valence-electron chi connectivity index (χ2n) is 7.54. The van der Waals surface area contributed by atoms with Gasteiger partial charge < -0.3 is 10.1 Å². The van der Waals surface area contributed by atoms with Crippen molar-refractivity contribution in [1.29, 1.82) is 0 Å². The molecule has 2 aromatic carbocycles. The minimum absolute atomic E-state index is 0.0426. The number of hydrogen-bond acceptors (Lipinski definition) is 4. The van der Waals surface area contributed by atoms with Gasteiger partial charge in [0.25, 0.3) is 5.91 Å². The average Bonchev–Trinajstić information content (AvgIpc) is 2.76. The van der Waals surface area contributed by atoms with E-state index < -0.39 is 10.0 Å². The smallest absolute Gasteiger partial charge is 0.255 e. The summed E-state index contributed by atoms with van der Waals surface area (Å²) in [5.74, 6) is -0.0326. The van der Waals surface area contributed by atoms with Crippen molar-refractivity contribution in [2.45, 2.75) is 56.9 Å². The lowest BCUT2D eigenvalue weighted by atomic mass is 9.89. The lowest BCUT2D eigenvalue weighted by Crippen LogP contribution is -2.29. The van der Waals surface area contributed by atoms with Crippen LogP contribution in [0.1, 0.15) is 66.2 Å². The van der Waals surface area contributed by atoms with Crippen LogP contribution in [0.4, 0.5) is 0 Å². The van der Waals surface area contributed by atoms with E-state index in [0.29, 0.717) is 18.7 Å². The molecule has 30 heavy (non-hydrogen) atoms. The molecular weight excluding hydrogens is 400 g/mol. The summed E-state index contributed by atoms with van der Waals surface area (Å²) >= 11 is 0. The van der Waals surface area contributed by atoms with Gasteiger partial charge in [-0.3, -0.25) is 4.79 Å². The molecule has 6 nitrogen and oxygen atoms in total. The summed E-state index contributed by atoms with van der Waals surface area (Å²) < 4.78 is 34.3. The van der Waals surface area contributed by atoms with Crippen LogP contribution in [0.3, 0.4) is 0 Å². The number of rotatable bonds is 8. The second-order valence-corrected chi connectivity index (χ2v) is 9.25. The van der Waals surface area contributed by atoms with Crippen LogP contribution in [0.2, 0.25) is 0 Å². The van der Waals surface area contributed by atoms with E-state index in [1.807, 2.05) is 13.0 Å². The Kier molecular flexibility index (Phi) is 7.15. The quantitative estimate of drug-likeness (QED) is 0.668. The van der Waals surface area contributed by atoms with Crippen LogP contribution < -0.4 is 14.8 Å². The van der Waals surface area contributed by atoms with Crippen LogP contribution >= 0.6 is 0 Å². The molecule has 1 atom stereocenters. The van der Waals surface area contributed by atoms with Gasteiger partial charge in [-0.05, 0) is 73.9 Å². The first kappa shape index (κ1) is 22.3. The zero-order valence-corrected chi connectivity index (χ0v) is 18.6. The van der Waals surface area contributed by atoms with Gasteiger partial charge in [0.2, 0.25) is 10.0 Å². The fourth-order valence-electron chi connectivity index (χ4n) is 3.90. The fourth-order valence-corrected chi connectivity index (χ4v) is 5.23. The van der Waals surface area contributed by atoms with Gasteiger partial charge in [0, 0.05) is 12.6 Å². The summed E-state index contributed by atoms with van der Waals surface area (Å²) in [5.41, 5.74) is 3.85. The molecule has 2 aromatic rings. The molecule has 7 heteroatoms. The van der Waals surface area contributed by atoms with Crippen molar-refractivity contribution >= 4 is 15.9 Å². The standard InChI is InChI=1S/C23H30N2O4S/c1-4-21(18-11-10-16-8-6-7-9-17(16)14-18)25-30(27,28)19-12-13-22(29-3)20(15-19)23(26)24-5-2/h10-15,21,25H,4-9H2,1-3H3,(H,24,26)/t21-/m1/s1. The monoisotopic (exact) mass is 430 g/mol. The third-order valence-electron chi connectivity index (χ3n) is 5.54. The SMILES string of the molecule is CCNC(=O)c1cc(S(=O)(=O)N[C@H](CC)c2ccc3c(c2)CCCC3)ccc1OC. The number of hydrogen-bond donors (Lipinski definition) is 2. The van der Waals surface area contributed by atoms with Crippen molar-refractivity contribution in [2.24, 2.45) is 0 Å². The molecule has 0 saturated carbocycles. The normalized spacial score (nSPS) is 14.6. The Morgan fingerprint density at radius 2 is 1.80 bits per heavy atom. The minimum Gasteiger partial charge on any atom is -0.496 e. The van der Waals surface area contributed by atoms with Crippen molar-refractivity contribution in [2.75, 3.05) is 13.7 Å². The Balaban J connectivity index is 1.89. The topological polar surface area (TPSA) is 84.5 Å². The molecule has 1 amide bonds. The van der Waals surface area contributed by atoms with Crippen molar-refractivity contribution in [1.82, 2.24) is 10.0 Å². The number of methoxy groups -OCH3 is 1. The van der Waals surface area contributed by atoms with Crippen LogP contribution in [0, 0.1) is 0 Å². The zero-order chi connectivity index (χ0) is 21.7. The van der Waals surface area contributed by atoms with Crippen LogP contribution in [0.15, 0.2) is 41.3 Å². The number of benzene rings is 2. The molecule has 162 valence electrons. The van der Waals surface area contributed by atoms with Gasteiger partial charge in [-0.25, -0.2) is 13.1 Å². The van der Waals surface area contributed by atoms with Crippen molar-refractivity contribution < 1.29 is 17.9 Å². The highest BCUT2D eigenvalue weighted by atomic mass is 32.2. The maximum atomic E-state index is 13.1. The van der Waals surface area contributed by atoms with E-state index in [-0.39, 0.29) is 22.4 Å². The average molecular weight is 431 g/mol. The Bertz CT molecular complexity index is 1020. The van der Waals surface area contributed by atoms with Crippen LogP contribution in [0.5, 0.6) is 5.75 Å². The van der Waals surface area contributed by atoms with Gasteiger partial charge in [-0.15, -0.1) is 0 Å². The summed E-state index contributed by atoms with van der Waals surface area (Å²) in [4.78, 5) is 12.4. The number of carbonyl (C=O) groups excluding carboxylic acids is 1. The molecule has 0 bridgehead atoms. The van der Waals surface area contributed by atoms with Gasteiger partial charge in [0.1, 0.15) is 5.75 Å². The molecule has 0 unspecified atom stereocenters. The molecular formula is C23H30N2O4S. The highest BCUT2D eigenvalue weighted by Crippen LogP contribution is 2.28. The molecule has 0 radical (unpaired) electrons. The molecule has 0 aliphatic heterocycles.